The lowest BCUT2D eigenvalue weighted by Crippen LogP contribution is -2.25. The van der Waals surface area contributed by atoms with Gasteiger partial charge >= 0.3 is 0 Å². The summed E-state index contributed by atoms with van der Waals surface area (Å²) in [4.78, 5) is 12.6. The molecule has 2 atom stereocenters. The molecule has 3 rings (SSSR count). The van der Waals surface area contributed by atoms with Crippen molar-refractivity contribution in [2.45, 2.75) is 18.6 Å². The van der Waals surface area contributed by atoms with Crippen LogP contribution in [-0.2, 0) is 9.54 Å². The third-order valence-corrected chi connectivity index (χ3v) is 5.53. The number of carbonyl (C=O) groups excluding carboxylic acids is 1. The van der Waals surface area contributed by atoms with Gasteiger partial charge in [0.05, 0.1) is 10.7 Å². The molecule has 106 valence electrons. The summed E-state index contributed by atoms with van der Waals surface area (Å²) in [5.41, 5.74) is 3.63. The quantitative estimate of drug-likeness (QED) is 0.738. The molecule has 0 bridgehead atoms. The average Bonchev–Trinajstić information content (AvgIpc) is 2.83. The van der Waals surface area contributed by atoms with Crippen molar-refractivity contribution in [2.24, 2.45) is 5.92 Å². The summed E-state index contributed by atoms with van der Waals surface area (Å²) >= 11 is 1.79. The fourth-order valence-electron chi connectivity index (χ4n) is 2.89. The first-order valence-corrected chi connectivity index (χ1v) is 7.94. The van der Waals surface area contributed by atoms with Crippen LogP contribution in [0.2, 0.25) is 0 Å². The van der Waals surface area contributed by atoms with Crippen LogP contribution in [0.1, 0.15) is 19.4 Å². The van der Waals surface area contributed by atoms with E-state index in [2.05, 4.69) is 56.3 Å². The first-order valence-electron chi connectivity index (χ1n) is 7.12. The van der Waals surface area contributed by atoms with Gasteiger partial charge in [-0.2, -0.15) is 0 Å². The van der Waals surface area contributed by atoms with E-state index in [4.69, 9.17) is 0 Å². The van der Waals surface area contributed by atoms with Crippen molar-refractivity contribution in [3.8, 4) is 11.1 Å². The molecule has 2 heteroatoms. The molecule has 0 fully saturated rings. The molecular formula is C19H18OS. The summed E-state index contributed by atoms with van der Waals surface area (Å²) in [5, 5.41) is 0. The predicted octanol–water partition coefficient (Wildman–Crippen LogP) is 5.03. The molecule has 0 spiro atoms. The van der Waals surface area contributed by atoms with Gasteiger partial charge in [-0.15, -0.1) is 11.8 Å². The topological polar surface area (TPSA) is 17.1 Å². The molecular weight excluding hydrogens is 276 g/mol. The van der Waals surface area contributed by atoms with Gasteiger partial charge in [0, 0.05) is 0 Å². The van der Waals surface area contributed by atoms with Crippen molar-refractivity contribution in [2.75, 3.05) is 0 Å². The van der Waals surface area contributed by atoms with Crippen LogP contribution >= 0.6 is 11.8 Å². The van der Waals surface area contributed by atoms with Crippen molar-refractivity contribution < 1.29 is 4.79 Å². The second-order valence-electron chi connectivity index (χ2n) is 5.59. The van der Waals surface area contributed by atoms with Crippen molar-refractivity contribution in [3.05, 3.63) is 71.1 Å². The summed E-state index contributed by atoms with van der Waals surface area (Å²) < 4.78 is -0.180. The lowest BCUT2D eigenvalue weighted by Gasteiger charge is -2.28. The van der Waals surface area contributed by atoms with E-state index in [1.807, 2.05) is 18.2 Å². The maximum atomic E-state index is 11.4. The van der Waals surface area contributed by atoms with Gasteiger partial charge in [-0.3, -0.25) is 0 Å². The first kappa shape index (κ1) is 14.2. The minimum atomic E-state index is -0.180. The van der Waals surface area contributed by atoms with Crippen molar-refractivity contribution >= 4 is 18.0 Å². The number of benzene rings is 2. The van der Waals surface area contributed by atoms with Crippen LogP contribution in [0.3, 0.4) is 0 Å². The second-order valence-corrected chi connectivity index (χ2v) is 7.29. The highest BCUT2D eigenvalue weighted by molar-refractivity contribution is 8.04. The molecule has 2 aromatic carbocycles. The van der Waals surface area contributed by atoms with E-state index in [1.54, 1.807) is 11.8 Å². The fourth-order valence-corrected chi connectivity index (χ4v) is 4.29. The molecule has 2 aromatic rings. The molecule has 21 heavy (non-hydrogen) atoms. The zero-order valence-electron chi connectivity index (χ0n) is 12.2. The molecule has 0 aliphatic carbocycles. The Morgan fingerprint density at radius 2 is 1.62 bits per heavy atom. The number of allylic oxidation sites excluding steroid dienone is 2. The normalized spacial score (nSPS) is 24.7. The average molecular weight is 294 g/mol. The Labute approximate surface area is 130 Å². The third kappa shape index (κ3) is 2.56. The molecule has 1 nitrogen and oxygen atoms in total. The van der Waals surface area contributed by atoms with Crippen molar-refractivity contribution in [3.63, 3.8) is 0 Å². The lowest BCUT2D eigenvalue weighted by molar-refractivity contribution is -0.110. The van der Waals surface area contributed by atoms with Crippen molar-refractivity contribution in [1.29, 1.82) is 0 Å². The van der Waals surface area contributed by atoms with Crippen LogP contribution in [0.5, 0.6) is 0 Å². The third-order valence-electron chi connectivity index (χ3n) is 4.14. The van der Waals surface area contributed by atoms with Gasteiger partial charge in [-0.25, -0.2) is 0 Å². The van der Waals surface area contributed by atoms with Crippen LogP contribution in [0.25, 0.3) is 11.1 Å². The summed E-state index contributed by atoms with van der Waals surface area (Å²) in [5.74, 6) is -0.0509. The van der Waals surface area contributed by atoms with Gasteiger partial charge in [0.2, 0.25) is 0 Å². The summed E-state index contributed by atoms with van der Waals surface area (Å²) in [6.45, 7) is 4.23. The van der Waals surface area contributed by atoms with Gasteiger partial charge in [0.25, 0.3) is 0 Å². The molecule has 0 saturated heterocycles. The number of carbonyl (C=O) groups is 1. The molecule has 1 heterocycles. The minimum Gasteiger partial charge on any atom is -0.303 e. The summed E-state index contributed by atoms with van der Waals surface area (Å²) in [7, 11) is 0. The van der Waals surface area contributed by atoms with Gasteiger partial charge in [0.15, 0.2) is 0 Å². The molecule has 0 radical (unpaired) electrons. The van der Waals surface area contributed by atoms with Gasteiger partial charge in [0.1, 0.15) is 6.29 Å². The van der Waals surface area contributed by atoms with Crippen LogP contribution in [0.4, 0.5) is 0 Å². The number of aldehydes is 1. The predicted molar refractivity (Wildman–Crippen MR) is 90.1 cm³/mol. The molecule has 0 amide bonds. The minimum absolute atomic E-state index is 0.0509. The zero-order chi connectivity index (χ0) is 14.9. The summed E-state index contributed by atoms with van der Waals surface area (Å²) in [6.07, 6.45) is 3.14. The standard InChI is InChI=1S/C19H18OS/c1-14-12-18(13-20)19(2,21-14)17-10-8-16(9-11-17)15-6-4-3-5-7-15/h3-13,18H,1-2H3. The Morgan fingerprint density at radius 1 is 1.00 bits per heavy atom. The zero-order valence-corrected chi connectivity index (χ0v) is 13.1. The molecule has 0 aromatic heterocycles. The van der Waals surface area contributed by atoms with Gasteiger partial charge in [-0.05, 0) is 35.4 Å². The number of rotatable bonds is 3. The van der Waals surface area contributed by atoms with E-state index < -0.39 is 0 Å². The van der Waals surface area contributed by atoms with E-state index in [0.29, 0.717) is 0 Å². The Morgan fingerprint density at radius 3 is 2.24 bits per heavy atom. The highest BCUT2D eigenvalue weighted by atomic mass is 32.2. The van der Waals surface area contributed by atoms with Gasteiger partial charge in [-0.1, -0.05) is 60.7 Å². The molecule has 1 aliphatic rings. The Balaban J connectivity index is 1.93. The number of hydrogen-bond acceptors (Lipinski definition) is 2. The SMILES string of the molecule is CC1=CC(C=O)C(C)(c2ccc(-c3ccccc3)cc2)S1. The summed E-state index contributed by atoms with van der Waals surface area (Å²) in [6, 6.07) is 18.9. The van der Waals surface area contributed by atoms with E-state index in [-0.39, 0.29) is 10.7 Å². The monoisotopic (exact) mass is 294 g/mol. The Hall–Kier alpha value is -1.80. The maximum Gasteiger partial charge on any atom is 0.128 e. The van der Waals surface area contributed by atoms with Crippen LogP contribution in [0, 0.1) is 5.92 Å². The highest BCUT2D eigenvalue weighted by Gasteiger charge is 2.40. The van der Waals surface area contributed by atoms with Crippen molar-refractivity contribution in [1.82, 2.24) is 0 Å². The molecule has 1 aliphatic heterocycles. The van der Waals surface area contributed by atoms with Gasteiger partial charge < -0.3 is 4.79 Å². The maximum absolute atomic E-state index is 11.4. The highest BCUT2D eigenvalue weighted by Crippen LogP contribution is 2.51. The fraction of sp³-hybridized carbons (Fsp3) is 0.211. The largest absolute Gasteiger partial charge is 0.303 e. The van der Waals surface area contributed by atoms with E-state index in [1.165, 1.54) is 21.6 Å². The van der Waals surface area contributed by atoms with E-state index in [0.717, 1.165) is 6.29 Å². The molecule has 0 N–H and O–H groups in total. The van der Waals surface area contributed by atoms with Crippen LogP contribution in [-0.4, -0.2) is 6.29 Å². The Bertz CT molecular complexity index is 672. The van der Waals surface area contributed by atoms with E-state index in [9.17, 15) is 4.79 Å². The van der Waals surface area contributed by atoms with Crippen LogP contribution in [0.15, 0.2) is 65.6 Å². The smallest absolute Gasteiger partial charge is 0.128 e. The number of thioether (sulfide) groups is 1. The van der Waals surface area contributed by atoms with E-state index >= 15 is 0 Å². The number of hydrogen-bond donors (Lipinski definition) is 0. The lowest BCUT2D eigenvalue weighted by atomic mass is 9.86. The second kappa shape index (κ2) is 5.53. The van der Waals surface area contributed by atoms with Crippen LogP contribution < -0.4 is 0 Å². The Kier molecular flexibility index (Phi) is 3.73. The molecule has 0 saturated carbocycles. The molecule has 2 unspecified atom stereocenters. The first-order chi connectivity index (χ1) is 10.1.